The van der Waals surface area contributed by atoms with Gasteiger partial charge in [-0.2, -0.15) is 0 Å². The maximum absolute atomic E-state index is 11.9. The SMILES string of the molecule is CC(N)c1cc2cc(-c3ccc(Cl)cc3)ccc2[nH]c1=O. The fraction of sp³-hybridized carbons (Fsp3) is 0.118. The van der Waals surface area contributed by atoms with E-state index < -0.39 is 0 Å². The van der Waals surface area contributed by atoms with Crippen molar-refractivity contribution in [3.63, 3.8) is 0 Å². The number of rotatable bonds is 2. The molecule has 0 fully saturated rings. The lowest BCUT2D eigenvalue weighted by molar-refractivity contribution is 0.804. The molecule has 1 heterocycles. The third kappa shape index (κ3) is 2.71. The molecule has 0 saturated heterocycles. The predicted octanol–water partition coefficient (Wildman–Crippen LogP) is 3.87. The van der Waals surface area contributed by atoms with Crippen LogP contribution in [0, 0.1) is 0 Å². The quantitative estimate of drug-likeness (QED) is 0.754. The third-order valence-electron chi connectivity index (χ3n) is 3.54. The minimum Gasteiger partial charge on any atom is -0.324 e. The number of fused-ring (bicyclic) bond motifs is 1. The molecule has 0 aliphatic rings. The Morgan fingerprint density at radius 2 is 1.71 bits per heavy atom. The number of hydrogen-bond acceptors (Lipinski definition) is 2. The Bertz CT molecular complexity index is 851. The molecule has 0 radical (unpaired) electrons. The summed E-state index contributed by atoms with van der Waals surface area (Å²) in [6.45, 7) is 1.81. The van der Waals surface area contributed by atoms with Crippen LogP contribution in [0.3, 0.4) is 0 Å². The largest absolute Gasteiger partial charge is 0.324 e. The van der Waals surface area contributed by atoms with Gasteiger partial charge in [0.05, 0.1) is 0 Å². The van der Waals surface area contributed by atoms with Gasteiger partial charge in [0.1, 0.15) is 0 Å². The molecular formula is C17H15ClN2O. The number of aromatic amines is 1. The van der Waals surface area contributed by atoms with Crippen molar-refractivity contribution in [3.05, 3.63) is 69.5 Å². The van der Waals surface area contributed by atoms with E-state index in [4.69, 9.17) is 17.3 Å². The van der Waals surface area contributed by atoms with Crippen LogP contribution in [0.4, 0.5) is 0 Å². The summed E-state index contributed by atoms with van der Waals surface area (Å²) < 4.78 is 0. The number of nitrogens with one attached hydrogen (secondary N) is 1. The van der Waals surface area contributed by atoms with Crippen LogP contribution >= 0.6 is 11.6 Å². The summed E-state index contributed by atoms with van der Waals surface area (Å²) in [4.78, 5) is 14.8. The first kappa shape index (κ1) is 13.9. The van der Waals surface area contributed by atoms with Gasteiger partial charge in [-0.25, -0.2) is 0 Å². The average molecular weight is 299 g/mol. The van der Waals surface area contributed by atoms with E-state index in [1.807, 2.05) is 48.5 Å². The Kier molecular flexibility index (Phi) is 3.53. The van der Waals surface area contributed by atoms with E-state index in [9.17, 15) is 4.79 Å². The highest BCUT2D eigenvalue weighted by Crippen LogP contribution is 2.25. The highest BCUT2D eigenvalue weighted by atomic mass is 35.5. The Morgan fingerprint density at radius 3 is 2.38 bits per heavy atom. The lowest BCUT2D eigenvalue weighted by Gasteiger charge is -2.08. The molecule has 3 aromatic rings. The first-order valence-corrected chi connectivity index (χ1v) is 7.11. The van der Waals surface area contributed by atoms with E-state index in [0.29, 0.717) is 10.6 Å². The summed E-state index contributed by atoms with van der Waals surface area (Å²) >= 11 is 5.91. The second-order valence-corrected chi connectivity index (χ2v) is 5.59. The minimum absolute atomic E-state index is 0.128. The van der Waals surface area contributed by atoms with Crippen molar-refractivity contribution in [3.8, 4) is 11.1 Å². The van der Waals surface area contributed by atoms with E-state index in [2.05, 4.69) is 4.98 Å². The molecule has 3 nitrogen and oxygen atoms in total. The molecule has 106 valence electrons. The Balaban J connectivity index is 2.17. The molecule has 4 heteroatoms. The van der Waals surface area contributed by atoms with Gasteiger partial charge >= 0.3 is 0 Å². The van der Waals surface area contributed by atoms with Gasteiger partial charge in [0, 0.05) is 22.1 Å². The normalized spacial score (nSPS) is 12.5. The fourth-order valence-electron chi connectivity index (χ4n) is 2.38. The van der Waals surface area contributed by atoms with Crippen molar-refractivity contribution in [2.45, 2.75) is 13.0 Å². The molecule has 1 aromatic heterocycles. The third-order valence-corrected chi connectivity index (χ3v) is 3.79. The Morgan fingerprint density at radius 1 is 1.05 bits per heavy atom. The summed E-state index contributed by atoms with van der Waals surface area (Å²) in [6.07, 6.45) is 0. The van der Waals surface area contributed by atoms with E-state index in [1.165, 1.54) is 0 Å². The molecule has 0 bridgehead atoms. The van der Waals surface area contributed by atoms with Gasteiger partial charge < -0.3 is 10.7 Å². The monoisotopic (exact) mass is 298 g/mol. The summed E-state index contributed by atoms with van der Waals surface area (Å²) in [6, 6.07) is 15.2. The molecule has 1 atom stereocenters. The second kappa shape index (κ2) is 5.35. The van der Waals surface area contributed by atoms with Crippen molar-refractivity contribution < 1.29 is 0 Å². The first-order valence-electron chi connectivity index (χ1n) is 6.73. The Hall–Kier alpha value is -2.10. The summed E-state index contributed by atoms with van der Waals surface area (Å²) in [5, 5.41) is 1.68. The van der Waals surface area contributed by atoms with Gasteiger partial charge in [-0.15, -0.1) is 0 Å². The van der Waals surface area contributed by atoms with E-state index in [0.717, 1.165) is 22.0 Å². The second-order valence-electron chi connectivity index (χ2n) is 5.15. The first-order chi connectivity index (χ1) is 10.0. The maximum Gasteiger partial charge on any atom is 0.253 e. The van der Waals surface area contributed by atoms with Gasteiger partial charge in [0.15, 0.2) is 0 Å². The van der Waals surface area contributed by atoms with Crippen molar-refractivity contribution >= 4 is 22.5 Å². The van der Waals surface area contributed by atoms with Crippen LogP contribution in [0.25, 0.3) is 22.0 Å². The summed E-state index contributed by atoms with van der Waals surface area (Å²) in [7, 11) is 0. The molecule has 3 rings (SSSR count). The number of aromatic nitrogens is 1. The van der Waals surface area contributed by atoms with Crippen molar-refractivity contribution in [2.75, 3.05) is 0 Å². The molecule has 0 saturated carbocycles. The van der Waals surface area contributed by atoms with Crippen molar-refractivity contribution in [1.29, 1.82) is 0 Å². The highest BCUT2D eigenvalue weighted by molar-refractivity contribution is 6.30. The molecule has 0 spiro atoms. The predicted molar refractivity (Wildman–Crippen MR) is 87.6 cm³/mol. The number of hydrogen-bond donors (Lipinski definition) is 2. The van der Waals surface area contributed by atoms with Gasteiger partial charge in [-0.1, -0.05) is 29.8 Å². The lowest BCUT2D eigenvalue weighted by atomic mass is 10.0. The number of nitrogens with two attached hydrogens (primary N) is 1. The molecule has 0 amide bonds. The van der Waals surface area contributed by atoms with Crippen LogP contribution in [0.2, 0.25) is 5.02 Å². The van der Waals surface area contributed by atoms with Gasteiger partial charge in [0.25, 0.3) is 5.56 Å². The zero-order chi connectivity index (χ0) is 15.0. The van der Waals surface area contributed by atoms with E-state index in [1.54, 1.807) is 6.92 Å². The number of benzene rings is 2. The molecule has 0 aliphatic carbocycles. The van der Waals surface area contributed by atoms with Crippen LogP contribution in [0.5, 0.6) is 0 Å². The zero-order valence-electron chi connectivity index (χ0n) is 11.6. The van der Waals surface area contributed by atoms with Crippen LogP contribution in [0.15, 0.2) is 53.3 Å². The molecule has 1 unspecified atom stereocenters. The smallest absolute Gasteiger partial charge is 0.253 e. The van der Waals surface area contributed by atoms with Crippen LogP contribution in [-0.4, -0.2) is 4.98 Å². The number of halogens is 1. The van der Waals surface area contributed by atoms with Crippen molar-refractivity contribution in [1.82, 2.24) is 4.98 Å². The number of pyridine rings is 1. The molecular weight excluding hydrogens is 284 g/mol. The van der Waals surface area contributed by atoms with Crippen LogP contribution < -0.4 is 11.3 Å². The molecule has 0 aliphatic heterocycles. The van der Waals surface area contributed by atoms with Crippen molar-refractivity contribution in [2.24, 2.45) is 5.73 Å². The highest BCUT2D eigenvalue weighted by Gasteiger charge is 2.08. The van der Waals surface area contributed by atoms with Gasteiger partial charge in [-0.3, -0.25) is 4.79 Å². The maximum atomic E-state index is 11.9. The van der Waals surface area contributed by atoms with Gasteiger partial charge in [0.2, 0.25) is 0 Å². The summed E-state index contributed by atoms with van der Waals surface area (Å²) in [5.41, 5.74) is 9.26. The Labute approximate surface area is 127 Å². The standard InChI is InChI=1S/C17H15ClN2O/c1-10(19)15-9-13-8-12(4-7-16(13)20-17(15)21)11-2-5-14(18)6-3-11/h2-10H,19H2,1H3,(H,20,21). The number of H-pyrrole nitrogens is 1. The molecule has 2 aromatic carbocycles. The fourth-order valence-corrected chi connectivity index (χ4v) is 2.51. The minimum atomic E-state index is -0.294. The molecule has 21 heavy (non-hydrogen) atoms. The average Bonchev–Trinajstić information content (AvgIpc) is 2.46. The van der Waals surface area contributed by atoms with Crippen LogP contribution in [0.1, 0.15) is 18.5 Å². The van der Waals surface area contributed by atoms with E-state index >= 15 is 0 Å². The van der Waals surface area contributed by atoms with E-state index in [-0.39, 0.29) is 11.6 Å². The van der Waals surface area contributed by atoms with Gasteiger partial charge in [-0.05, 0) is 53.8 Å². The summed E-state index contributed by atoms with van der Waals surface area (Å²) in [5.74, 6) is 0. The topological polar surface area (TPSA) is 58.9 Å². The zero-order valence-corrected chi connectivity index (χ0v) is 12.3. The van der Waals surface area contributed by atoms with Crippen LogP contribution in [-0.2, 0) is 0 Å². The molecule has 3 N–H and O–H groups in total. The lowest BCUT2D eigenvalue weighted by Crippen LogP contribution is -2.19.